The molecule has 0 aliphatic heterocycles. The monoisotopic (exact) mass is 703 g/mol. The van der Waals surface area contributed by atoms with Gasteiger partial charge < -0.3 is 16.0 Å². The summed E-state index contributed by atoms with van der Waals surface area (Å²) in [7, 11) is 0. The van der Waals surface area contributed by atoms with E-state index in [-0.39, 0.29) is 21.8 Å². The first-order valence-corrected chi connectivity index (χ1v) is 13.4. The maximum atomic E-state index is 14.9. The van der Waals surface area contributed by atoms with Gasteiger partial charge in [0.2, 0.25) is 5.91 Å². The third-order valence-corrected chi connectivity index (χ3v) is 7.63. The molecule has 0 radical (unpaired) electrons. The first-order valence-electron chi connectivity index (χ1n) is 12.2. The Bertz CT molecular complexity index is 1670. The Kier molecular flexibility index (Phi) is 9.59. The molecule has 0 saturated heterocycles. The number of hydrogen-bond acceptors (Lipinski definition) is 4. The largest absolute Gasteiger partial charge is 0.523 e. The predicted molar refractivity (Wildman–Crippen MR) is 147 cm³/mol. The van der Waals surface area contributed by atoms with Gasteiger partial charge in [-0.1, -0.05) is 29.8 Å². The van der Waals surface area contributed by atoms with Crippen LogP contribution in [0.2, 0.25) is 5.02 Å². The lowest BCUT2D eigenvalue weighted by Gasteiger charge is -2.14. The van der Waals surface area contributed by atoms with Crippen LogP contribution in [0.5, 0.6) is 0 Å². The Morgan fingerprint density at radius 1 is 0.889 bits per heavy atom. The lowest BCUT2D eigenvalue weighted by molar-refractivity contribution is -0.320. The minimum atomic E-state index is -5.18. The van der Waals surface area contributed by atoms with Gasteiger partial charge in [-0.2, -0.15) is 13.2 Å². The molecule has 1 saturated carbocycles. The van der Waals surface area contributed by atoms with E-state index in [0.717, 1.165) is 30.3 Å². The van der Waals surface area contributed by atoms with Gasteiger partial charge in [0.15, 0.2) is 5.82 Å². The average molecular weight is 705 g/mol. The topological polar surface area (TPSA) is 96.5 Å². The minimum Gasteiger partial charge on any atom is -0.326 e. The zero-order valence-corrected chi connectivity index (χ0v) is 24.1. The number of ether oxygens (including phenoxy) is 1. The van der Waals surface area contributed by atoms with E-state index in [9.17, 15) is 49.5 Å². The summed E-state index contributed by atoms with van der Waals surface area (Å²) >= 11 is 18.5. The number of rotatable bonds is 8. The standard InChI is InChI=1S/C27H16Cl3F8N3O4/c28-15-5-4-13(39-24(44)20-19(25(20,29)30)11-2-1-3-12(8-11)26(33,34)35)9-14(15)23(43)40-17-7-6-16(31)22(21(17)32)41-18(42)10-45-27(36,37)38/h1-9,19-20H,10H2,(H,39,44)(H,40,43)(H,41,42)/t19?,20-/m1/s1. The lowest BCUT2D eigenvalue weighted by Crippen LogP contribution is -2.25. The van der Waals surface area contributed by atoms with Gasteiger partial charge in [-0.25, -0.2) is 8.78 Å². The summed E-state index contributed by atoms with van der Waals surface area (Å²) in [6.07, 6.45) is -9.83. The fourth-order valence-corrected chi connectivity index (χ4v) is 5.28. The highest BCUT2D eigenvalue weighted by atomic mass is 35.5. The molecule has 240 valence electrons. The Labute approximate surface area is 262 Å². The molecule has 3 aromatic carbocycles. The zero-order chi connectivity index (χ0) is 33.5. The molecule has 1 unspecified atom stereocenters. The number of halogens is 11. The summed E-state index contributed by atoms with van der Waals surface area (Å²) < 4.78 is 107. The molecule has 0 bridgehead atoms. The van der Waals surface area contributed by atoms with Crippen molar-refractivity contribution >= 4 is 69.6 Å². The molecule has 4 rings (SSSR count). The van der Waals surface area contributed by atoms with E-state index >= 15 is 0 Å². The molecular formula is C27H16Cl3F8N3O4. The summed E-state index contributed by atoms with van der Waals surface area (Å²) in [4.78, 5) is 37.6. The number of hydrogen-bond donors (Lipinski definition) is 3. The normalized spacial score (nSPS) is 17.4. The molecule has 3 N–H and O–H groups in total. The first kappa shape index (κ1) is 34.2. The second kappa shape index (κ2) is 12.6. The summed E-state index contributed by atoms with van der Waals surface area (Å²) in [6.45, 7) is -1.61. The quantitative estimate of drug-likeness (QED) is 0.164. The van der Waals surface area contributed by atoms with Crippen molar-refractivity contribution in [2.75, 3.05) is 22.6 Å². The van der Waals surface area contributed by atoms with E-state index in [2.05, 4.69) is 15.4 Å². The lowest BCUT2D eigenvalue weighted by atomic mass is 10.1. The maximum absolute atomic E-state index is 14.9. The fourth-order valence-electron chi connectivity index (χ4n) is 4.25. The third kappa shape index (κ3) is 7.95. The number of amides is 3. The van der Waals surface area contributed by atoms with Crippen LogP contribution in [0.15, 0.2) is 54.6 Å². The number of benzene rings is 3. The van der Waals surface area contributed by atoms with E-state index in [1.165, 1.54) is 18.2 Å². The van der Waals surface area contributed by atoms with Crippen molar-refractivity contribution < 1.29 is 54.2 Å². The zero-order valence-electron chi connectivity index (χ0n) is 21.8. The van der Waals surface area contributed by atoms with Crippen LogP contribution >= 0.6 is 34.8 Å². The fraction of sp³-hybridized carbons (Fsp3) is 0.222. The average Bonchev–Trinajstić information content (AvgIpc) is 3.53. The van der Waals surface area contributed by atoms with Gasteiger partial charge in [0, 0.05) is 11.6 Å². The summed E-state index contributed by atoms with van der Waals surface area (Å²) in [5.41, 5.74) is -3.20. The van der Waals surface area contributed by atoms with Crippen LogP contribution in [0.1, 0.15) is 27.4 Å². The number of carbonyl (C=O) groups excluding carboxylic acids is 3. The first-order chi connectivity index (χ1) is 20.8. The van der Waals surface area contributed by atoms with Crippen LogP contribution in [-0.2, 0) is 20.5 Å². The van der Waals surface area contributed by atoms with E-state index in [4.69, 9.17) is 34.8 Å². The van der Waals surface area contributed by atoms with Crippen molar-refractivity contribution in [2.24, 2.45) is 5.92 Å². The van der Waals surface area contributed by atoms with Crippen LogP contribution in [-0.4, -0.2) is 35.0 Å². The van der Waals surface area contributed by atoms with Gasteiger partial charge in [0.1, 0.15) is 22.4 Å². The van der Waals surface area contributed by atoms with Crippen LogP contribution in [0.3, 0.4) is 0 Å². The maximum Gasteiger partial charge on any atom is 0.523 e. The van der Waals surface area contributed by atoms with Crippen LogP contribution in [0, 0.1) is 17.6 Å². The van der Waals surface area contributed by atoms with Crippen LogP contribution in [0.25, 0.3) is 0 Å². The van der Waals surface area contributed by atoms with Crippen molar-refractivity contribution in [3.05, 3.63) is 87.9 Å². The Morgan fingerprint density at radius 3 is 2.22 bits per heavy atom. The third-order valence-electron chi connectivity index (χ3n) is 6.36. The highest BCUT2D eigenvalue weighted by Crippen LogP contribution is 2.65. The van der Waals surface area contributed by atoms with Gasteiger partial charge in [0.05, 0.1) is 27.8 Å². The van der Waals surface area contributed by atoms with Crippen molar-refractivity contribution in [1.29, 1.82) is 0 Å². The smallest absolute Gasteiger partial charge is 0.326 e. The highest BCUT2D eigenvalue weighted by Gasteiger charge is 2.67. The Balaban J connectivity index is 1.48. The number of carbonyl (C=O) groups is 3. The summed E-state index contributed by atoms with van der Waals surface area (Å²) in [6, 6.07) is 8.99. The van der Waals surface area contributed by atoms with E-state index < -0.39 is 81.6 Å². The SMILES string of the molecule is O=C(COC(F)(F)F)Nc1c(F)ccc(NC(=O)c2cc(NC(=O)[C@H]3C(c4cccc(C(F)(F)F)c4)C3(Cl)Cl)ccc2Cl)c1F. The molecule has 2 atom stereocenters. The molecule has 45 heavy (non-hydrogen) atoms. The number of alkyl halides is 8. The molecule has 0 heterocycles. The predicted octanol–water partition coefficient (Wildman–Crippen LogP) is 7.89. The minimum absolute atomic E-state index is 0.0504. The van der Waals surface area contributed by atoms with Gasteiger partial charge in [0.25, 0.3) is 11.8 Å². The Morgan fingerprint density at radius 2 is 1.58 bits per heavy atom. The van der Waals surface area contributed by atoms with E-state index in [1.54, 1.807) is 5.32 Å². The molecule has 18 heteroatoms. The van der Waals surface area contributed by atoms with Gasteiger partial charge in [-0.15, -0.1) is 36.4 Å². The molecule has 3 amide bonds. The second-order valence-corrected chi connectivity index (χ2v) is 11.3. The van der Waals surface area contributed by atoms with Crippen LogP contribution < -0.4 is 16.0 Å². The summed E-state index contributed by atoms with van der Waals surface area (Å²) in [5, 5.41) is 5.87. The van der Waals surface area contributed by atoms with Crippen molar-refractivity contribution in [2.45, 2.75) is 22.8 Å². The van der Waals surface area contributed by atoms with Crippen LogP contribution in [0.4, 0.5) is 52.2 Å². The molecule has 1 aliphatic carbocycles. The van der Waals surface area contributed by atoms with Gasteiger partial charge in [-0.05, 0) is 42.0 Å². The number of anilines is 3. The number of nitrogens with one attached hydrogen (secondary N) is 3. The highest BCUT2D eigenvalue weighted by molar-refractivity contribution is 6.53. The Hall–Kier alpha value is -3.66. The molecule has 1 fully saturated rings. The molecule has 0 aromatic heterocycles. The van der Waals surface area contributed by atoms with Crippen molar-refractivity contribution in [1.82, 2.24) is 0 Å². The van der Waals surface area contributed by atoms with E-state index in [1.807, 2.05) is 0 Å². The summed E-state index contributed by atoms with van der Waals surface area (Å²) in [5.74, 6) is -8.60. The second-order valence-electron chi connectivity index (χ2n) is 9.46. The molecule has 1 aliphatic rings. The van der Waals surface area contributed by atoms with Crippen molar-refractivity contribution in [3.8, 4) is 0 Å². The van der Waals surface area contributed by atoms with Gasteiger partial charge in [-0.3, -0.25) is 19.1 Å². The molecular weight excluding hydrogens is 689 g/mol. The van der Waals surface area contributed by atoms with Crippen molar-refractivity contribution in [3.63, 3.8) is 0 Å². The molecule has 7 nitrogen and oxygen atoms in total. The van der Waals surface area contributed by atoms with Gasteiger partial charge >= 0.3 is 12.5 Å². The molecule has 0 spiro atoms. The molecule has 3 aromatic rings. The van der Waals surface area contributed by atoms with E-state index in [0.29, 0.717) is 6.07 Å².